The van der Waals surface area contributed by atoms with Gasteiger partial charge in [0.2, 0.25) is 10.0 Å². The maximum atomic E-state index is 13.0. The van der Waals surface area contributed by atoms with Crippen molar-refractivity contribution >= 4 is 16.0 Å². The summed E-state index contributed by atoms with van der Waals surface area (Å²) >= 11 is 0. The molecule has 0 aromatic heterocycles. The maximum Gasteiger partial charge on any atom is 0.321 e. The van der Waals surface area contributed by atoms with Crippen molar-refractivity contribution < 1.29 is 22.7 Å². The van der Waals surface area contributed by atoms with E-state index >= 15 is 0 Å². The molecule has 21 heavy (non-hydrogen) atoms. The number of nitriles is 1. The van der Waals surface area contributed by atoms with Gasteiger partial charge in [-0.3, -0.25) is 4.79 Å². The number of unbranched alkanes of at least 4 members (excludes halogenated alkanes) is 1. The molecule has 0 fully saturated rings. The molecule has 114 valence electrons. The summed E-state index contributed by atoms with van der Waals surface area (Å²) < 4.78 is 39.4. The third-order valence-corrected chi connectivity index (χ3v) is 4.32. The Labute approximate surface area is 122 Å². The molecule has 0 aliphatic rings. The largest absolute Gasteiger partial charge is 0.480 e. The predicted octanol–water partition coefficient (Wildman–Crippen LogP) is 1.62. The normalized spacial score (nSPS) is 12.6. The fraction of sp³-hybridized carbons (Fsp3) is 0.385. The number of hydrogen-bond donors (Lipinski definition) is 2. The molecule has 0 amide bonds. The van der Waals surface area contributed by atoms with Crippen molar-refractivity contribution in [1.82, 2.24) is 4.72 Å². The SMILES string of the molecule is CCCC[C@H](NS(=O)(=O)c1ccc(F)cc1C#N)C(=O)O. The molecule has 0 saturated carbocycles. The lowest BCUT2D eigenvalue weighted by atomic mass is 10.1. The quantitative estimate of drug-likeness (QED) is 0.795. The van der Waals surface area contributed by atoms with Gasteiger partial charge in [0.15, 0.2) is 0 Å². The van der Waals surface area contributed by atoms with E-state index in [0.29, 0.717) is 12.8 Å². The number of nitrogens with one attached hydrogen (secondary N) is 1. The fourth-order valence-electron chi connectivity index (χ4n) is 1.72. The molecule has 1 aromatic rings. The molecule has 0 aliphatic carbocycles. The Bertz CT molecular complexity index is 667. The third-order valence-electron chi connectivity index (χ3n) is 2.79. The van der Waals surface area contributed by atoms with Crippen molar-refractivity contribution in [1.29, 1.82) is 5.26 Å². The average molecular weight is 314 g/mol. The highest BCUT2D eigenvalue weighted by Gasteiger charge is 2.26. The molecule has 0 bridgehead atoms. The minimum atomic E-state index is -4.21. The molecule has 0 unspecified atom stereocenters. The Kier molecular flexibility index (Phi) is 5.81. The Morgan fingerprint density at radius 1 is 1.52 bits per heavy atom. The van der Waals surface area contributed by atoms with Crippen molar-refractivity contribution in [2.75, 3.05) is 0 Å². The van der Waals surface area contributed by atoms with Crippen molar-refractivity contribution in [3.8, 4) is 6.07 Å². The van der Waals surface area contributed by atoms with Crippen molar-refractivity contribution in [2.24, 2.45) is 0 Å². The van der Waals surface area contributed by atoms with E-state index in [2.05, 4.69) is 0 Å². The van der Waals surface area contributed by atoms with Crippen LogP contribution in [0.25, 0.3) is 0 Å². The van der Waals surface area contributed by atoms with Gasteiger partial charge in [-0.25, -0.2) is 12.8 Å². The molecule has 2 N–H and O–H groups in total. The first-order chi connectivity index (χ1) is 9.81. The predicted molar refractivity (Wildman–Crippen MR) is 72.4 cm³/mol. The lowest BCUT2D eigenvalue weighted by molar-refractivity contribution is -0.139. The van der Waals surface area contributed by atoms with Gasteiger partial charge in [0, 0.05) is 0 Å². The lowest BCUT2D eigenvalue weighted by Gasteiger charge is -2.15. The lowest BCUT2D eigenvalue weighted by Crippen LogP contribution is -2.40. The van der Waals surface area contributed by atoms with Gasteiger partial charge < -0.3 is 5.11 Å². The molecule has 0 radical (unpaired) electrons. The van der Waals surface area contributed by atoms with E-state index < -0.39 is 32.7 Å². The van der Waals surface area contributed by atoms with Crippen molar-refractivity contribution in [2.45, 2.75) is 37.1 Å². The highest BCUT2D eigenvalue weighted by Crippen LogP contribution is 2.17. The molecule has 6 nitrogen and oxygen atoms in total. The van der Waals surface area contributed by atoms with Gasteiger partial charge in [-0.1, -0.05) is 19.8 Å². The summed E-state index contributed by atoms with van der Waals surface area (Å²) in [6.07, 6.45) is 1.38. The second-order valence-electron chi connectivity index (χ2n) is 4.41. The van der Waals surface area contributed by atoms with Gasteiger partial charge in [0.05, 0.1) is 10.5 Å². The number of halogens is 1. The summed E-state index contributed by atoms with van der Waals surface area (Å²) in [4.78, 5) is 10.6. The summed E-state index contributed by atoms with van der Waals surface area (Å²) in [5, 5.41) is 17.9. The molecule has 0 spiro atoms. The van der Waals surface area contributed by atoms with E-state index in [-0.39, 0.29) is 12.0 Å². The second kappa shape index (κ2) is 7.15. The van der Waals surface area contributed by atoms with Gasteiger partial charge in [-0.15, -0.1) is 0 Å². The van der Waals surface area contributed by atoms with Crippen LogP contribution in [0.4, 0.5) is 4.39 Å². The van der Waals surface area contributed by atoms with Crippen LogP contribution in [0.15, 0.2) is 23.1 Å². The van der Waals surface area contributed by atoms with Crippen LogP contribution in [-0.4, -0.2) is 25.5 Å². The van der Waals surface area contributed by atoms with Gasteiger partial charge in [-0.05, 0) is 24.6 Å². The van der Waals surface area contributed by atoms with E-state index in [0.717, 1.165) is 18.2 Å². The molecule has 1 rings (SSSR count). The van der Waals surface area contributed by atoms with Crippen LogP contribution >= 0.6 is 0 Å². The van der Waals surface area contributed by atoms with Crippen LogP contribution in [0.2, 0.25) is 0 Å². The van der Waals surface area contributed by atoms with Crippen LogP contribution in [0.1, 0.15) is 31.7 Å². The first-order valence-corrected chi connectivity index (χ1v) is 7.75. The van der Waals surface area contributed by atoms with Gasteiger partial charge in [0.25, 0.3) is 0 Å². The number of benzene rings is 1. The summed E-state index contributed by atoms with van der Waals surface area (Å²) in [6, 6.07) is 2.92. The number of hydrogen-bond acceptors (Lipinski definition) is 4. The number of rotatable bonds is 7. The van der Waals surface area contributed by atoms with Crippen LogP contribution in [0.5, 0.6) is 0 Å². The van der Waals surface area contributed by atoms with Crippen LogP contribution < -0.4 is 4.72 Å². The van der Waals surface area contributed by atoms with E-state index in [1.54, 1.807) is 6.07 Å². The number of aliphatic carboxylic acids is 1. The topological polar surface area (TPSA) is 107 Å². The Morgan fingerprint density at radius 3 is 2.71 bits per heavy atom. The zero-order valence-corrected chi connectivity index (χ0v) is 12.2. The molecule has 0 aliphatic heterocycles. The average Bonchev–Trinajstić information content (AvgIpc) is 2.42. The number of carbonyl (C=O) groups is 1. The summed E-state index contributed by atoms with van der Waals surface area (Å²) in [5.41, 5.74) is -0.373. The molecule has 0 heterocycles. The van der Waals surface area contributed by atoms with Crippen molar-refractivity contribution in [3.63, 3.8) is 0 Å². The van der Waals surface area contributed by atoms with E-state index in [1.807, 2.05) is 11.6 Å². The molecule has 0 saturated heterocycles. The minimum Gasteiger partial charge on any atom is -0.480 e. The smallest absolute Gasteiger partial charge is 0.321 e. The standard InChI is InChI=1S/C13H15FN2O4S/c1-2-3-4-11(13(17)18)16-21(19,20)12-6-5-10(14)7-9(12)8-15/h5-7,11,16H,2-4H2,1H3,(H,17,18)/t11-/m0/s1. The van der Waals surface area contributed by atoms with Gasteiger partial charge in [0.1, 0.15) is 17.9 Å². The molecule has 1 atom stereocenters. The highest BCUT2D eigenvalue weighted by molar-refractivity contribution is 7.89. The summed E-state index contributed by atoms with van der Waals surface area (Å²) in [6.45, 7) is 1.85. The first kappa shape index (κ1) is 17.1. The molecule has 1 aromatic carbocycles. The molecular weight excluding hydrogens is 299 g/mol. The number of carboxylic acid groups (broad SMARTS) is 1. The number of sulfonamides is 1. The summed E-state index contributed by atoms with van der Waals surface area (Å²) in [7, 11) is -4.21. The van der Waals surface area contributed by atoms with Gasteiger partial charge >= 0.3 is 5.97 Å². The zero-order valence-electron chi connectivity index (χ0n) is 11.3. The second-order valence-corrected chi connectivity index (χ2v) is 6.09. The Morgan fingerprint density at radius 2 is 2.19 bits per heavy atom. The molecular formula is C13H15FN2O4S. The van der Waals surface area contributed by atoms with Crippen LogP contribution in [0, 0.1) is 17.1 Å². The Balaban J connectivity index is 3.11. The van der Waals surface area contributed by atoms with E-state index in [4.69, 9.17) is 10.4 Å². The minimum absolute atomic E-state index is 0.133. The zero-order chi connectivity index (χ0) is 16.0. The number of nitrogens with zero attached hydrogens (tertiary/aromatic N) is 1. The van der Waals surface area contributed by atoms with Crippen LogP contribution in [0.3, 0.4) is 0 Å². The van der Waals surface area contributed by atoms with Gasteiger partial charge in [-0.2, -0.15) is 9.98 Å². The highest BCUT2D eigenvalue weighted by atomic mass is 32.2. The molecule has 8 heteroatoms. The van der Waals surface area contributed by atoms with E-state index in [1.165, 1.54) is 0 Å². The van der Waals surface area contributed by atoms with E-state index in [9.17, 15) is 17.6 Å². The first-order valence-electron chi connectivity index (χ1n) is 6.26. The van der Waals surface area contributed by atoms with Crippen molar-refractivity contribution in [3.05, 3.63) is 29.6 Å². The maximum absolute atomic E-state index is 13.0. The Hall–Kier alpha value is -1.98. The summed E-state index contributed by atoms with van der Waals surface area (Å²) in [5.74, 6) is -2.04. The van der Waals surface area contributed by atoms with Crippen LogP contribution in [-0.2, 0) is 14.8 Å². The monoisotopic (exact) mass is 314 g/mol. The number of carboxylic acids is 1. The fourth-order valence-corrected chi connectivity index (χ4v) is 3.08. The third kappa shape index (κ3) is 4.51.